The molecule has 1 rings (SSSR count). The zero-order chi connectivity index (χ0) is 9.52. The van der Waals surface area contributed by atoms with Crippen molar-refractivity contribution < 1.29 is 0 Å². The van der Waals surface area contributed by atoms with E-state index in [1.54, 1.807) is 0 Å². The molecule has 0 fully saturated rings. The molecule has 0 amide bonds. The summed E-state index contributed by atoms with van der Waals surface area (Å²) in [4.78, 5) is 2.34. The van der Waals surface area contributed by atoms with Gasteiger partial charge in [0.2, 0.25) is 0 Å². The fourth-order valence-corrected chi connectivity index (χ4v) is 1.55. The van der Waals surface area contributed by atoms with E-state index >= 15 is 0 Å². The molecule has 0 saturated carbocycles. The third-order valence-corrected chi connectivity index (χ3v) is 2.53. The Hall–Kier alpha value is -0.340. The molecule has 1 nitrogen and oxygen atoms in total. The van der Waals surface area contributed by atoms with Gasteiger partial charge in [-0.2, -0.15) is 0 Å². The van der Waals surface area contributed by atoms with Crippen molar-refractivity contribution in [2.24, 2.45) is 0 Å². The van der Waals surface area contributed by atoms with Gasteiger partial charge in [-0.25, -0.2) is 0 Å². The van der Waals surface area contributed by atoms with E-state index in [-0.39, 0.29) is 0 Å². The van der Waals surface area contributed by atoms with Gasteiger partial charge in [0.15, 0.2) is 0 Å². The average molecular weight is 242 g/mol. The second-order valence-corrected chi connectivity index (χ2v) is 4.06. The smallest absolute Gasteiger partial charge is 0.0230 e. The van der Waals surface area contributed by atoms with E-state index in [4.69, 9.17) is 0 Å². The monoisotopic (exact) mass is 241 g/mol. The molecule has 0 unspecified atom stereocenters. The molecule has 0 spiro atoms. The van der Waals surface area contributed by atoms with Crippen LogP contribution in [0, 0.1) is 0 Å². The number of hydrogen-bond acceptors (Lipinski definition) is 1. The quantitative estimate of drug-likeness (QED) is 0.717. The molecule has 1 aromatic carbocycles. The van der Waals surface area contributed by atoms with Gasteiger partial charge in [-0.3, -0.25) is 0 Å². The van der Waals surface area contributed by atoms with E-state index in [0.717, 1.165) is 18.4 Å². The molecule has 0 radical (unpaired) electrons. The number of rotatable bonds is 5. The van der Waals surface area contributed by atoms with E-state index in [2.05, 4.69) is 58.2 Å². The van der Waals surface area contributed by atoms with Crippen molar-refractivity contribution in [3.05, 3.63) is 35.9 Å². The predicted molar refractivity (Wildman–Crippen MR) is 61.2 cm³/mol. The van der Waals surface area contributed by atoms with E-state index < -0.39 is 0 Å². The average Bonchev–Trinajstić information content (AvgIpc) is 2.16. The molecule has 0 aliphatic heterocycles. The Balaban J connectivity index is 2.32. The van der Waals surface area contributed by atoms with Crippen LogP contribution in [-0.2, 0) is 6.54 Å². The molecule has 2 heteroatoms. The number of nitrogens with zero attached hydrogens (tertiary/aromatic N) is 1. The van der Waals surface area contributed by atoms with Gasteiger partial charge >= 0.3 is 0 Å². The first-order chi connectivity index (χ1) is 6.33. The van der Waals surface area contributed by atoms with Crippen molar-refractivity contribution in [3.8, 4) is 0 Å². The number of halogens is 1. The first-order valence-electron chi connectivity index (χ1n) is 4.61. The minimum atomic E-state index is 1.05. The normalized spacial score (nSPS) is 10.7. The minimum absolute atomic E-state index is 1.05. The third-order valence-electron chi connectivity index (χ3n) is 1.97. The van der Waals surface area contributed by atoms with Crippen LogP contribution in [0.15, 0.2) is 30.3 Å². The molecule has 13 heavy (non-hydrogen) atoms. The fraction of sp³-hybridized carbons (Fsp3) is 0.455. The molecule has 0 bridgehead atoms. The molecule has 0 heterocycles. The molecule has 0 atom stereocenters. The fourth-order valence-electron chi connectivity index (χ4n) is 1.30. The number of benzene rings is 1. The molecule has 0 aromatic heterocycles. The van der Waals surface area contributed by atoms with Crippen molar-refractivity contribution in [2.75, 3.05) is 18.9 Å². The maximum Gasteiger partial charge on any atom is 0.0230 e. The first kappa shape index (κ1) is 10.7. The topological polar surface area (TPSA) is 3.24 Å². The highest BCUT2D eigenvalue weighted by Gasteiger charge is 1.97. The molecule has 0 N–H and O–H groups in total. The van der Waals surface area contributed by atoms with Crippen LogP contribution in [0.2, 0.25) is 0 Å². The van der Waals surface area contributed by atoms with Crippen LogP contribution >= 0.6 is 15.9 Å². The van der Waals surface area contributed by atoms with Crippen LogP contribution < -0.4 is 0 Å². The van der Waals surface area contributed by atoms with Crippen molar-refractivity contribution in [3.63, 3.8) is 0 Å². The highest BCUT2D eigenvalue weighted by atomic mass is 79.9. The number of alkyl halides is 1. The number of hydrogen-bond donors (Lipinski definition) is 0. The van der Waals surface area contributed by atoms with Gasteiger partial charge in [-0.05, 0) is 25.6 Å². The highest BCUT2D eigenvalue weighted by Crippen LogP contribution is 2.03. The van der Waals surface area contributed by atoms with Gasteiger partial charge in [0.25, 0.3) is 0 Å². The Kier molecular flexibility index (Phi) is 5.09. The Morgan fingerprint density at radius 1 is 1.23 bits per heavy atom. The summed E-state index contributed by atoms with van der Waals surface area (Å²) in [6.07, 6.45) is 1.21. The lowest BCUT2D eigenvalue weighted by molar-refractivity contribution is 0.329. The molecular weight excluding hydrogens is 226 g/mol. The maximum absolute atomic E-state index is 3.44. The van der Waals surface area contributed by atoms with E-state index in [0.29, 0.717) is 0 Å². The van der Waals surface area contributed by atoms with Gasteiger partial charge < -0.3 is 4.90 Å². The molecule has 1 aromatic rings. The Labute approximate surface area is 88.9 Å². The van der Waals surface area contributed by atoms with Gasteiger partial charge in [0, 0.05) is 11.9 Å². The SMILES string of the molecule is CN(CCCBr)Cc1ccccc1. The largest absolute Gasteiger partial charge is 0.302 e. The highest BCUT2D eigenvalue weighted by molar-refractivity contribution is 9.09. The summed E-state index contributed by atoms with van der Waals surface area (Å²) in [7, 11) is 2.16. The lowest BCUT2D eigenvalue weighted by atomic mass is 10.2. The second kappa shape index (κ2) is 6.17. The van der Waals surface area contributed by atoms with Crippen LogP contribution in [-0.4, -0.2) is 23.8 Å². The third kappa shape index (κ3) is 4.44. The lowest BCUT2D eigenvalue weighted by Gasteiger charge is -2.15. The van der Waals surface area contributed by atoms with Gasteiger partial charge in [-0.1, -0.05) is 46.3 Å². The Morgan fingerprint density at radius 2 is 1.92 bits per heavy atom. The minimum Gasteiger partial charge on any atom is -0.302 e. The van der Waals surface area contributed by atoms with Gasteiger partial charge in [-0.15, -0.1) is 0 Å². The lowest BCUT2D eigenvalue weighted by Crippen LogP contribution is -2.19. The Morgan fingerprint density at radius 3 is 2.54 bits per heavy atom. The summed E-state index contributed by atoms with van der Waals surface area (Å²) in [5.41, 5.74) is 1.39. The van der Waals surface area contributed by atoms with Crippen LogP contribution in [0.25, 0.3) is 0 Å². The second-order valence-electron chi connectivity index (χ2n) is 3.27. The zero-order valence-electron chi connectivity index (χ0n) is 8.04. The van der Waals surface area contributed by atoms with Crippen molar-refractivity contribution in [2.45, 2.75) is 13.0 Å². The summed E-state index contributed by atoms with van der Waals surface area (Å²) < 4.78 is 0. The van der Waals surface area contributed by atoms with E-state index in [9.17, 15) is 0 Å². The molecular formula is C11H16BrN. The van der Waals surface area contributed by atoms with E-state index in [1.165, 1.54) is 12.0 Å². The standard InChI is InChI=1S/C11H16BrN/c1-13(9-5-8-12)10-11-6-3-2-4-7-11/h2-4,6-7H,5,8-10H2,1H3. The van der Waals surface area contributed by atoms with Crippen LogP contribution in [0.4, 0.5) is 0 Å². The maximum atomic E-state index is 3.44. The van der Waals surface area contributed by atoms with Gasteiger partial charge in [0.1, 0.15) is 0 Å². The van der Waals surface area contributed by atoms with Crippen molar-refractivity contribution >= 4 is 15.9 Å². The van der Waals surface area contributed by atoms with Crippen LogP contribution in [0.5, 0.6) is 0 Å². The van der Waals surface area contributed by atoms with E-state index in [1.807, 2.05) is 0 Å². The summed E-state index contributed by atoms with van der Waals surface area (Å²) >= 11 is 3.44. The summed E-state index contributed by atoms with van der Waals surface area (Å²) in [6, 6.07) is 10.6. The zero-order valence-corrected chi connectivity index (χ0v) is 9.63. The summed E-state index contributed by atoms with van der Waals surface area (Å²) in [6.45, 7) is 2.20. The molecule has 0 aliphatic carbocycles. The van der Waals surface area contributed by atoms with Crippen molar-refractivity contribution in [1.82, 2.24) is 4.90 Å². The molecule has 0 saturated heterocycles. The summed E-state index contributed by atoms with van der Waals surface area (Å²) in [5, 5.41) is 1.09. The molecule has 72 valence electrons. The first-order valence-corrected chi connectivity index (χ1v) is 5.73. The van der Waals surface area contributed by atoms with Crippen LogP contribution in [0.1, 0.15) is 12.0 Å². The van der Waals surface area contributed by atoms with Crippen LogP contribution in [0.3, 0.4) is 0 Å². The van der Waals surface area contributed by atoms with Crippen molar-refractivity contribution in [1.29, 1.82) is 0 Å². The molecule has 0 aliphatic rings. The Bertz CT molecular complexity index is 223. The summed E-state index contributed by atoms with van der Waals surface area (Å²) in [5.74, 6) is 0. The predicted octanol–water partition coefficient (Wildman–Crippen LogP) is 2.90. The van der Waals surface area contributed by atoms with Gasteiger partial charge in [0.05, 0.1) is 0 Å².